The molecule has 1 aromatic carbocycles. The summed E-state index contributed by atoms with van der Waals surface area (Å²) in [4.78, 5) is 28.9. The number of sulfonamides is 1. The Balaban J connectivity index is 1.39. The first-order valence-electron chi connectivity index (χ1n) is 9.78. The van der Waals surface area contributed by atoms with Crippen molar-refractivity contribution in [2.45, 2.75) is 18.2 Å². The molecule has 10 nitrogen and oxygen atoms in total. The predicted octanol–water partition coefficient (Wildman–Crippen LogP) is 2.70. The van der Waals surface area contributed by atoms with E-state index in [1.165, 1.54) is 39.9 Å². The number of nitro groups is 1. The van der Waals surface area contributed by atoms with Gasteiger partial charge in [0.1, 0.15) is 5.76 Å². The Morgan fingerprint density at radius 3 is 2.56 bits per heavy atom. The molecule has 1 fully saturated rings. The summed E-state index contributed by atoms with van der Waals surface area (Å²) in [5.41, 5.74) is 0.163. The van der Waals surface area contributed by atoms with Crippen molar-refractivity contribution in [3.05, 3.63) is 63.3 Å². The number of hydrogen-bond donors (Lipinski definition) is 0. The van der Waals surface area contributed by atoms with Crippen LogP contribution in [0.25, 0.3) is 10.8 Å². The molecule has 3 heterocycles. The number of nitro benzene ring substituents is 1. The number of para-hydroxylation sites is 1. The van der Waals surface area contributed by atoms with Crippen LogP contribution in [0, 0.1) is 17.0 Å². The summed E-state index contributed by atoms with van der Waals surface area (Å²) >= 11 is 1.39. The highest BCUT2D eigenvalue weighted by Gasteiger charge is 2.34. The summed E-state index contributed by atoms with van der Waals surface area (Å²) in [6.45, 7) is 2.37. The summed E-state index contributed by atoms with van der Waals surface area (Å²) < 4.78 is 32.6. The third-order valence-corrected chi connectivity index (χ3v) is 7.96. The van der Waals surface area contributed by atoms with Crippen molar-refractivity contribution < 1.29 is 22.6 Å². The molecule has 1 aliphatic heterocycles. The van der Waals surface area contributed by atoms with Crippen LogP contribution in [0.3, 0.4) is 0 Å². The van der Waals surface area contributed by atoms with Crippen LogP contribution in [0.15, 0.2) is 51.1 Å². The van der Waals surface area contributed by atoms with E-state index < -0.39 is 20.6 Å². The number of aromatic nitrogens is 1. The minimum atomic E-state index is -4.04. The number of hydrogen-bond acceptors (Lipinski definition) is 8. The molecular formula is C20H20N4O6S2. The lowest BCUT2D eigenvalue weighted by atomic mass is 10.2. The molecule has 0 unspecified atom stereocenters. The highest BCUT2D eigenvalue weighted by molar-refractivity contribution is 7.89. The number of benzene rings is 1. The summed E-state index contributed by atoms with van der Waals surface area (Å²) in [5.74, 6) is 1.28. The number of carbonyl (C=O) groups is 1. The number of furan rings is 1. The fraction of sp³-hybridized carbons (Fsp3) is 0.300. The van der Waals surface area contributed by atoms with Crippen molar-refractivity contribution in [1.82, 2.24) is 14.2 Å². The van der Waals surface area contributed by atoms with Crippen LogP contribution in [0.1, 0.15) is 11.5 Å². The van der Waals surface area contributed by atoms with Gasteiger partial charge in [-0.25, -0.2) is 13.4 Å². The van der Waals surface area contributed by atoms with Crippen molar-refractivity contribution in [2.75, 3.05) is 26.2 Å². The van der Waals surface area contributed by atoms with E-state index in [0.717, 1.165) is 5.76 Å². The Labute approximate surface area is 188 Å². The largest absolute Gasteiger partial charge is 0.459 e. The minimum absolute atomic E-state index is 0.0636. The van der Waals surface area contributed by atoms with Crippen molar-refractivity contribution in [3.63, 3.8) is 0 Å². The lowest BCUT2D eigenvalue weighted by Crippen LogP contribution is -2.50. The molecule has 0 bridgehead atoms. The molecule has 3 aromatic rings. The second kappa shape index (κ2) is 8.81. The summed E-state index contributed by atoms with van der Waals surface area (Å²) in [7, 11) is -4.04. The van der Waals surface area contributed by atoms with Gasteiger partial charge in [0, 0.05) is 37.6 Å². The van der Waals surface area contributed by atoms with E-state index in [4.69, 9.17) is 4.42 Å². The maximum absolute atomic E-state index is 12.9. The molecule has 1 aliphatic rings. The monoisotopic (exact) mass is 476 g/mol. The predicted molar refractivity (Wildman–Crippen MR) is 117 cm³/mol. The molecule has 0 aliphatic carbocycles. The van der Waals surface area contributed by atoms with Crippen molar-refractivity contribution in [1.29, 1.82) is 0 Å². The van der Waals surface area contributed by atoms with Crippen LogP contribution in [0.4, 0.5) is 5.69 Å². The number of amides is 1. The van der Waals surface area contributed by atoms with Gasteiger partial charge in [0.25, 0.3) is 5.69 Å². The molecule has 1 saturated heterocycles. The van der Waals surface area contributed by atoms with Crippen LogP contribution >= 0.6 is 11.3 Å². The van der Waals surface area contributed by atoms with E-state index >= 15 is 0 Å². The zero-order valence-electron chi connectivity index (χ0n) is 17.1. The van der Waals surface area contributed by atoms with Gasteiger partial charge >= 0.3 is 0 Å². The van der Waals surface area contributed by atoms with Gasteiger partial charge in [0.15, 0.2) is 15.7 Å². The van der Waals surface area contributed by atoms with Crippen LogP contribution in [0.2, 0.25) is 0 Å². The number of carbonyl (C=O) groups excluding carboxylic acids is 1. The first-order valence-corrected chi connectivity index (χ1v) is 12.1. The van der Waals surface area contributed by atoms with Crippen LogP contribution in [0.5, 0.6) is 0 Å². The van der Waals surface area contributed by atoms with Gasteiger partial charge in [0.2, 0.25) is 15.9 Å². The molecule has 0 atom stereocenters. The average molecular weight is 477 g/mol. The van der Waals surface area contributed by atoms with E-state index in [1.54, 1.807) is 10.3 Å². The van der Waals surface area contributed by atoms with E-state index in [2.05, 4.69) is 4.98 Å². The van der Waals surface area contributed by atoms with Gasteiger partial charge in [-0.15, -0.1) is 11.3 Å². The van der Waals surface area contributed by atoms with Gasteiger partial charge in [0.05, 0.1) is 17.0 Å². The van der Waals surface area contributed by atoms with Crippen LogP contribution < -0.4 is 0 Å². The number of rotatable bonds is 6. The molecule has 0 spiro atoms. The van der Waals surface area contributed by atoms with Gasteiger partial charge in [-0.3, -0.25) is 14.9 Å². The molecule has 32 heavy (non-hydrogen) atoms. The molecule has 0 N–H and O–H groups in total. The van der Waals surface area contributed by atoms with E-state index in [1.807, 2.05) is 19.1 Å². The number of thiazole rings is 1. The normalized spacial score (nSPS) is 15.1. The number of piperazine rings is 1. The first-order chi connectivity index (χ1) is 15.3. The Bertz CT molecular complexity index is 1260. The van der Waals surface area contributed by atoms with Gasteiger partial charge in [-0.1, -0.05) is 12.1 Å². The molecule has 168 valence electrons. The van der Waals surface area contributed by atoms with Crippen LogP contribution in [-0.2, 0) is 21.2 Å². The van der Waals surface area contributed by atoms with E-state index in [0.29, 0.717) is 16.5 Å². The van der Waals surface area contributed by atoms with Crippen molar-refractivity contribution in [3.8, 4) is 10.8 Å². The average Bonchev–Trinajstić information content (AvgIpc) is 3.42. The highest BCUT2D eigenvalue weighted by atomic mass is 32.2. The Morgan fingerprint density at radius 2 is 1.91 bits per heavy atom. The zero-order chi connectivity index (χ0) is 22.9. The third kappa shape index (κ3) is 4.42. The second-order valence-corrected chi connectivity index (χ2v) is 10.0. The smallest absolute Gasteiger partial charge is 0.289 e. The van der Waals surface area contributed by atoms with E-state index in [-0.39, 0.29) is 43.4 Å². The SMILES string of the molecule is Cc1ccc(-c2nc(CC(=O)N3CCN(S(=O)(=O)c4ccccc4[N+](=O)[O-])CC3)cs2)o1. The van der Waals surface area contributed by atoms with Gasteiger partial charge in [-0.2, -0.15) is 4.31 Å². The number of aryl methyl sites for hydroxylation is 1. The standard InChI is InChI=1S/C20H20N4O6S2/c1-14-6-7-17(30-14)20-21-15(13-31-20)12-19(25)22-8-10-23(11-9-22)32(28,29)18-5-3-2-4-16(18)24(26)27/h2-7,13H,8-12H2,1H3. The first kappa shape index (κ1) is 22.1. The maximum atomic E-state index is 12.9. The Morgan fingerprint density at radius 1 is 1.19 bits per heavy atom. The summed E-state index contributed by atoms with van der Waals surface area (Å²) in [6, 6.07) is 8.94. The van der Waals surface area contributed by atoms with Crippen molar-refractivity contribution >= 4 is 33.0 Å². The topological polar surface area (TPSA) is 127 Å². The molecule has 2 aromatic heterocycles. The Hall–Kier alpha value is -3.09. The summed E-state index contributed by atoms with van der Waals surface area (Å²) in [6.07, 6.45) is 0.104. The highest BCUT2D eigenvalue weighted by Crippen LogP contribution is 2.28. The maximum Gasteiger partial charge on any atom is 0.289 e. The fourth-order valence-electron chi connectivity index (χ4n) is 3.46. The third-order valence-electron chi connectivity index (χ3n) is 5.11. The lowest BCUT2D eigenvalue weighted by molar-refractivity contribution is -0.387. The molecule has 0 radical (unpaired) electrons. The van der Waals surface area contributed by atoms with E-state index in [9.17, 15) is 23.3 Å². The quantitative estimate of drug-likeness (QED) is 0.395. The number of nitrogens with zero attached hydrogens (tertiary/aromatic N) is 4. The molecule has 4 rings (SSSR count). The fourth-order valence-corrected chi connectivity index (χ4v) is 5.82. The minimum Gasteiger partial charge on any atom is -0.459 e. The zero-order valence-corrected chi connectivity index (χ0v) is 18.8. The molecule has 1 amide bonds. The lowest BCUT2D eigenvalue weighted by Gasteiger charge is -2.33. The van der Waals surface area contributed by atoms with Gasteiger partial charge in [-0.05, 0) is 25.1 Å². The summed E-state index contributed by atoms with van der Waals surface area (Å²) in [5, 5.41) is 13.7. The van der Waals surface area contributed by atoms with Gasteiger partial charge < -0.3 is 9.32 Å². The van der Waals surface area contributed by atoms with Crippen molar-refractivity contribution in [2.24, 2.45) is 0 Å². The molecular weight excluding hydrogens is 456 g/mol. The second-order valence-electron chi connectivity index (χ2n) is 7.24. The molecule has 12 heteroatoms. The molecule has 0 saturated carbocycles. The Kier molecular flexibility index (Phi) is 6.09. The van der Waals surface area contributed by atoms with Crippen LogP contribution in [-0.4, -0.2) is 59.6 Å².